The third-order valence-electron chi connectivity index (χ3n) is 7.22. The summed E-state index contributed by atoms with van der Waals surface area (Å²) >= 11 is 25.4. The molecule has 1 aliphatic carbocycles. The molecule has 42 heavy (non-hydrogen) atoms. The molecule has 1 fully saturated rings. The van der Waals surface area contributed by atoms with Crippen molar-refractivity contribution in [2.45, 2.75) is 62.6 Å². The first-order chi connectivity index (χ1) is 20.0. The van der Waals surface area contributed by atoms with Gasteiger partial charge in [-0.15, -0.1) is 0 Å². The molecule has 0 heterocycles. The maximum Gasteiger partial charge on any atom is 0.264 e. The number of hydrogen-bond acceptors (Lipinski definition) is 4. The Morgan fingerprint density at radius 1 is 0.905 bits per heavy atom. The van der Waals surface area contributed by atoms with E-state index in [1.54, 1.807) is 43.3 Å². The van der Waals surface area contributed by atoms with Gasteiger partial charge in [0, 0.05) is 38.2 Å². The van der Waals surface area contributed by atoms with Crippen LogP contribution in [0.1, 0.15) is 44.6 Å². The zero-order valence-corrected chi connectivity index (χ0v) is 26.7. The highest BCUT2D eigenvalue weighted by molar-refractivity contribution is 7.92. The lowest BCUT2D eigenvalue weighted by Gasteiger charge is -2.34. The highest BCUT2D eigenvalue weighted by Crippen LogP contribution is 2.31. The van der Waals surface area contributed by atoms with Crippen LogP contribution in [0.5, 0.6) is 0 Å². The molecule has 4 rings (SSSR count). The molecule has 0 aliphatic heterocycles. The number of anilines is 1. The molecule has 1 saturated carbocycles. The standard InChI is InChI=1S/C30H31Cl4N3O4S/c1-2-28(30(39)35-22-9-6-7-10-22)36(18-25-26(33)13-8-14-27(25)34)29(38)19-37(23-16-20(31)15-21(32)17-23)42(40,41)24-11-4-3-5-12-24/h3-5,8,11-17,22,28H,2,6-7,9-10,18-19H2,1H3,(H,35,39)/t28-/m0/s1. The van der Waals surface area contributed by atoms with Gasteiger partial charge in [0.1, 0.15) is 12.6 Å². The molecule has 0 radical (unpaired) electrons. The fourth-order valence-corrected chi connectivity index (χ4v) is 7.52. The van der Waals surface area contributed by atoms with Gasteiger partial charge in [-0.1, -0.05) is 90.4 Å². The van der Waals surface area contributed by atoms with Crippen molar-refractivity contribution in [3.63, 3.8) is 0 Å². The van der Waals surface area contributed by atoms with Crippen molar-refractivity contribution >= 4 is 73.9 Å². The van der Waals surface area contributed by atoms with Crippen molar-refractivity contribution in [1.29, 1.82) is 0 Å². The summed E-state index contributed by atoms with van der Waals surface area (Å²) in [6.07, 6.45) is 4.05. The highest BCUT2D eigenvalue weighted by atomic mass is 35.5. The number of amides is 2. The summed E-state index contributed by atoms with van der Waals surface area (Å²) in [6.45, 7) is 1.05. The zero-order chi connectivity index (χ0) is 30.4. The van der Waals surface area contributed by atoms with E-state index >= 15 is 0 Å². The van der Waals surface area contributed by atoms with Crippen molar-refractivity contribution in [3.8, 4) is 0 Å². The summed E-state index contributed by atoms with van der Waals surface area (Å²) in [5.41, 5.74) is 0.549. The minimum Gasteiger partial charge on any atom is -0.352 e. The molecule has 1 N–H and O–H groups in total. The first-order valence-electron chi connectivity index (χ1n) is 13.6. The summed E-state index contributed by atoms with van der Waals surface area (Å²) in [7, 11) is -4.26. The van der Waals surface area contributed by atoms with Crippen LogP contribution in [-0.2, 0) is 26.2 Å². The summed E-state index contributed by atoms with van der Waals surface area (Å²) in [5.74, 6) is -0.945. The van der Waals surface area contributed by atoms with Crippen molar-refractivity contribution in [1.82, 2.24) is 10.2 Å². The third-order valence-corrected chi connectivity index (χ3v) is 10.2. The lowest BCUT2D eigenvalue weighted by atomic mass is 10.1. The van der Waals surface area contributed by atoms with E-state index in [0.29, 0.717) is 15.6 Å². The predicted molar refractivity (Wildman–Crippen MR) is 169 cm³/mol. The van der Waals surface area contributed by atoms with E-state index in [2.05, 4.69) is 5.32 Å². The molecule has 1 aliphatic rings. The van der Waals surface area contributed by atoms with Crippen molar-refractivity contribution in [3.05, 3.63) is 92.4 Å². The smallest absolute Gasteiger partial charge is 0.264 e. The quantitative estimate of drug-likeness (QED) is 0.231. The first kappa shape index (κ1) is 32.4. The number of sulfonamides is 1. The molecule has 0 bridgehead atoms. The molecule has 224 valence electrons. The van der Waals surface area contributed by atoms with Gasteiger partial charge < -0.3 is 10.2 Å². The Morgan fingerprint density at radius 2 is 1.50 bits per heavy atom. The van der Waals surface area contributed by atoms with Gasteiger partial charge in [0.2, 0.25) is 11.8 Å². The van der Waals surface area contributed by atoms with E-state index in [9.17, 15) is 18.0 Å². The summed E-state index contributed by atoms with van der Waals surface area (Å²) in [5, 5.41) is 4.10. The number of carbonyl (C=O) groups is 2. The van der Waals surface area contributed by atoms with Gasteiger partial charge in [0.25, 0.3) is 10.0 Å². The van der Waals surface area contributed by atoms with Crippen LogP contribution in [-0.4, -0.2) is 43.8 Å². The molecule has 12 heteroatoms. The van der Waals surface area contributed by atoms with Crippen LogP contribution < -0.4 is 9.62 Å². The summed E-state index contributed by atoms with van der Waals surface area (Å²) < 4.78 is 28.8. The number of carbonyl (C=O) groups excluding carboxylic acids is 2. The average Bonchev–Trinajstić information content (AvgIpc) is 3.46. The summed E-state index contributed by atoms with van der Waals surface area (Å²) in [6, 6.07) is 16.1. The molecule has 1 atom stereocenters. The van der Waals surface area contributed by atoms with E-state index in [4.69, 9.17) is 46.4 Å². The normalized spacial score (nSPS) is 14.4. The van der Waals surface area contributed by atoms with Gasteiger partial charge in [-0.3, -0.25) is 13.9 Å². The molecule has 0 unspecified atom stereocenters. The SMILES string of the molecule is CC[C@@H](C(=O)NC1CCCC1)N(Cc1c(Cl)cccc1Cl)C(=O)CN(c1cc(Cl)cc(Cl)c1)S(=O)(=O)c1ccccc1. The topological polar surface area (TPSA) is 86.8 Å². The molecule has 0 aromatic heterocycles. The molecule has 3 aromatic rings. The Labute approximate surface area is 266 Å². The van der Waals surface area contributed by atoms with Gasteiger partial charge in [0.05, 0.1) is 10.6 Å². The van der Waals surface area contributed by atoms with Crippen LogP contribution in [0, 0.1) is 0 Å². The molecule has 0 spiro atoms. The Bertz CT molecular complexity index is 1490. The van der Waals surface area contributed by atoms with Crippen LogP contribution in [0.15, 0.2) is 71.6 Å². The number of nitrogens with one attached hydrogen (secondary N) is 1. The second-order valence-electron chi connectivity index (χ2n) is 10.1. The molecule has 3 aromatic carbocycles. The van der Waals surface area contributed by atoms with E-state index in [-0.39, 0.29) is 45.5 Å². The second kappa shape index (κ2) is 14.3. The Kier molecular flexibility index (Phi) is 11.1. The van der Waals surface area contributed by atoms with Crippen LogP contribution >= 0.6 is 46.4 Å². The number of hydrogen-bond donors (Lipinski definition) is 1. The zero-order valence-electron chi connectivity index (χ0n) is 22.9. The van der Waals surface area contributed by atoms with E-state index in [1.165, 1.54) is 35.2 Å². The van der Waals surface area contributed by atoms with Gasteiger partial charge in [-0.25, -0.2) is 8.42 Å². The van der Waals surface area contributed by atoms with Gasteiger partial charge in [-0.05, 0) is 61.7 Å². The fraction of sp³-hybridized carbons (Fsp3) is 0.333. The first-order valence-corrected chi connectivity index (χ1v) is 16.5. The molecular weight excluding hydrogens is 640 g/mol. The van der Waals surface area contributed by atoms with E-state index < -0.39 is 28.5 Å². The molecule has 0 saturated heterocycles. The average molecular weight is 671 g/mol. The van der Waals surface area contributed by atoms with Gasteiger partial charge >= 0.3 is 0 Å². The van der Waals surface area contributed by atoms with Crippen molar-refractivity contribution in [2.75, 3.05) is 10.8 Å². The van der Waals surface area contributed by atoms with Crippen molar-refractivity contribution < 1.29 is 18.0 Å². The van der Waals surface area contributed by atoms with Gasteiger partial charge in [0.15, 0.2) is 0 Å². The Morgan fingerprint density at radius 3 is 2.07 bits per heavy atom. The van der Waals surface area contributed by atoms with Crippen molar-refractivity contribution in [2.24, 2.45) is 0 Å². The van der Waals surface area contributed by atoms with Crippen LogP contribution in [0.2, 0.25) is 20.1 Å². The number of rotatable bonds is 11. The van der Waals surface area contributed by atoms with Crippen LogP contribution in [0.4, 0.5) is 5.69 Å². The Hall–Kier alpha value is -2.49. The monoisotopic (exact) mass is 669 g/mol. The maximum atomic E-state index is 14.2. The fourth-order valence-electron chi connectivity index (χ4n) is 5.07. The number of nitrogens with zero attached hydrogens (tertiary/aromatic N) is 2. The molecule has 7 nitrogen and oxygen atoms in total. The third kappa shape index (κ3) is 7.71. The number of halogens is 4. The van der Waals surface area contributed by atoms with Gasteiger partial charge in [-0.2, -0.15) is 0 Å². The second-order valence-corrected chi connectivity index (χ2v) is 13.6. The molecule has 2 amide bonds. The van der Waals surface area contributed by atoms with E-state index in [0.717, 1.165) is 30.0 Å². The minimum atomic E-state index is -4.26. The minimum absolute atomic E-state index is 0.0240. The highest BCUT2D eigenvalue weighted by Gasteiger charge is 2.35. The maximum absolute atomic E-state index is 14.2. The largest absolute Gasteiger partial charge is 0.352 e. The lowest BCUT2D eigenvalue weighted by Crippen LogP contribution is -2.53. The Balaban J connectivity index is 1.76. The lowest BCUT2D eigenvalue weighted by molar-refractivity contribution is -0.140. The molecular formula is C30H31Cl4N3O4S. The van der Waals surface area contributed by atoms with Crippen LogP contribution in [0.3, 0.4) is 0 Å². The predicted octanol–water partition coefficient (Wildman–Crippen LogP) is 7.36. The number of benzene rings is 3. The van der Waals surface area contributed by atoms with E-state index in [1.807, 2.05) is 0 Å². The van der Waals surface area contributed by atoms with Crippen LogP contribution in [0.25, 0.3) is 0 Å². The summed E-state index contributed by atoms with van der Waals surface area (Å²) in [4.78, 5) is 29.1.